The summed E-state index contributed by atoms with van der Waals surface area (Å²) in [4.78, 5) is 17.2. The van der Waals surface area contributed by atoms with E-state index in [4.69, 9.17) is 4.74 Å². The number of fused-ring (bicyclic) bond motifs is 1. The van der Waals surface area contributed by atoms with Crippen LogP contribution in [0.1, 0.15) is 6.92 Å². The van der Waals surface area contributed by atoms with Crippen molar-refractivity contribution in [1.82, 2.24) is 4.90 Å². The van der Waals surface area contributed by atoms with Gasteiger partial charge in [0.15, 0.2) is 6.23 Å². The van der Waals surface area contributed by atoms with Gasteiger partial charge >= 0.3 is 5.97 Å². The molecule has 1 atom stereocenters. The van der Waals surface area contributed by atoms with Crippen molar-refractivity contribution in [3.8, 4) is 0 Å². The van der Waals surface area contributed by atoms with Gasteiger partial charge in [0.2, 0.25) is 0 Å². The van der Waals surface area contributed by atoms with Gasteiger partial charge in [-0.3, -0.25) is 0 Å². The van der Waals surface area contributed by atoms with Crippen LogP contribution in [0, 0.1) is 0 Å². The molecule has 0 aromatic heterocycles. The molecule has 1 N–H and O–H groups in total. The Balaban J connectivity index is 2.31. The number of carbonyl (C=O) groups excluding carboxylic acids is 1. The summed E-state index contributed by atoms with van der Waals surface area (Å²) in [5, 5.41) is 10.1. The molecule has 6 heteroatoms. The number of ether oxygens (including phenoxy) is 1. The normalized spacial score (nSPS) is 22.4. The second-order valence-electron chi connectivity index (χ2n) is 3.39. The molecule has 0 radical (unpaired) electrons. The molecule has 0 saturated heterocycles. The lowest BCUT2D eigenvalue weighted by molar-refractivity contribution is -0.140. The number of hydrogen-bond acceptors (Lipinski definition) is 5. The topological polar surface area (TPSA) is 62.1 Å². The summed E-state index contributed by atoms with van der Waals surface area (Å²) in [7, 11) is 0. The first kappa shape index (κ1) is 12.1. The standard InChI is InChI=1S/C11H11BrN2O3/c1-2-17-11(16)7-6-13-9-8(12)4-3-5-14(9)10(7)15/h3-6,10,15H,2H2,1H3. The highest BCUT2D eigenvalue weighted by atomic mass is 79.9. The quantitative estimate of drug-likeness (QED) is 0.780. The third kappa shape index (κ3) is 2.18. The van der Waals surface area contributed by atoms with Gasteiger partial charge in [-0.1, -0.05) is 0 Å². The van der Waals surface area contributed by atoms with E-state index in [0.717, 1.165) is 4.48 Å². The highest BCUT2D eigenvalue weighted by molar-refractivity contribution is 9.12. The molecule has 90 valence electrons. The molecular weight excluding hydrogens is 288 g/mol. The minimum absolute atomic E-state index is 0.127. The predicted molar refractivity (Wildman–Crippen MR) is 66.1 cm³/mol. The van der Waals surface area contributed by atoms with Crippen molar-refractivity contribution in [3.63, 3.8) is 0 Å². The first-order chi connectivity index (χ1) is 8.15. The van der Waals surface area contributed by atoms with Crippen molar-refractivity contribution < 1.29 is 14.6 Å². The highest BCUT2D eigenvalue weighted by Gasteiger charge is 2.32. The molecule has 2 aliphatic heterocycles. The van der Waals surface area contributed by atoms with Gasteiger partial charge in [0.25, 0.3) is 0 Å². The lowest BCUT2D eigenvalue weighted by Crippen LogP contribution is -2.42. The van der Waals surface area contributed by atoms with Crippen molar-refractivity contribution in [1.29, 1.82) is 0 Å². The maximum absolute atomic E-state index is 11.6. The van der Waals surface area contributed by atoms with Gasteiger partial charge in [0.05, 0.1) is 11.1 Å². The van der Waals surface area contributed by atoms with Crippen LogP contribution >= 0.6 is 15.9 Å². The van der Waals surface area contributed by atoms with Crippen molar-refractivity contribution in [2.45, 2.75) is 13.2 Å². The molecule has 0 fully saturated rings. The minimum Gasteiger partial charge on any atom is -0.462 e. The average Bonchev–Trinajstić information content (AvgIpc) is 2.31. The molecule has 2 aliphatic rings. The predicted octanol–water partition coefficient (Wildman–Crippen LogP) is 1.27. The number of nitrogens with zero attached hydrogens (tertiary/aromatic N) is 2. The Morgan fingerprint density at radius 1 is 1.71 bits per heavy atom. The lowest BCUT2D eigenvalue weighted by atomic mass is 10.1. The number of amidine groups is 1. The monoisotopic (exact) mass is 298 g/mol. The fourth-order valence-corrected chi connectivity index (χ4v) is 1.99. The highest BCUT2D eigenvalue weighted by Crippen LogP contribution is 2.25. The summed E-state index contributed by atoms with van der Waals surface area (Å²) in [5.74, 6) is 0.00919. The van der Waals surface area contributed by atoms with Crippen LogP contribution in [-0.4, -0.2) is 34.6 Å². The average molecular weight is 299 g/mol. The minimum atomic E-state index is -1.07. The fourth-order valence-electron chi connectivity index (χ4n) is 1.53. The summed E-state index contributed by atoms with van der Waals surface area (Å²) < 4.78 is 5.59. The van der Waals surface area contributed by atoms with E-state index >= 15 is 0 Å². The third-order valence-corrected chi connectivity index (χ3v) is 2.95. The second-order valence-corrected chi connectivity index (χ2v) is 4.25. The molecule has 2 heterocycles. The van der Waals surface area contributed by atoms with E-state index in [9.17, 15) is 9.90 Å². The SMILES string of the molecule is CCOC(=O)C1=CN=C2C(Br)=CC=CN2C1O. The number of carbonyl (C=O) groups is 1. The summed E-state index contributed by atoms with van der Waals surface area (Å²) in [5.41, 5.74) is 0.127. The maximum atomic E-state index is 11.6. The first-order valence-corrected chi connectivity index (χ1v) is 5.90. The van der Waals surface area contributed by atoms with Crippen LogP contribution in [0.3, 0.4) is 0 Å². The Morgan fingerprint density at radius 3 is 3.18 bits per heavy atom. The van der Waals surface area contributed by atoms with Crippen molar-refractivity contribution >= 4 is 27.7 Å². The van der Waals surface area contributed by atoms with Gasteiger partial charge in [0.1, 0.15) is 11.4 Å². The molecule has 17 heavy (non-hydrogen) atoms. The molecule has 0 amide bonds. The number of aliphatic imine (C=N–C) groups is 1. The Hall–Kier alpha value is -1.40. The largest absolute Gasteiger partial charge is 0.462 e. The Kier molecular flexibility index (Phi) is 3.44. The van der Waals surface area contributed by atoms with Gasteiger partial charge in [-0.05, 0) is 35.0 Å². The molecule has 0 aromatic rings. The van der Waals surface area contributed by atoms with Crippen molar-refractivity contribution in [2.24, 2.45) is 4.99 Å². The summed E-state index contributed by atoms with van der Waals surface area (Å²) in [6.45, 7) is 1.97. The van der Waals surface area contributed by atoms with E-state index in [2.05, 4.69) is 20.9 Å². The van der Waals surface area contributed by atoms with Gasteiger partial charge in [0, 0.05) is 12.4 Å². The first-order valence-electron chi connectivity index (χ1n) is 5.11. The molecule has 0 bridgehead atoms. The maximum Gasteiger partial charge on any atom is 0.340 e. The van der Waals surface area contributed by atoms with E-state index in [1.807, 2.05) is 6.08 Å². The zero-order chi connectivity index (χ0) is 12.4. The lowest BCUT2D eigenvalue weighted by Gasteiger charge is -2.32. The van der Waals surface area contributed by atoms with Crippen LogP contribution in [0.15, 0.2) is 39.6 Å². The third-order valence-electron chi connectivity index (χ3n) is 2.33. The molecule has 0 saturated carbocycles. The molecule has 2 rings (SSSR count). The molecule has 5 nitrogen and oxygen atoms in total. The van der Waals surface area contributed by atoms with Gasteiger partial charge < -0.3 is 14.7 Å². The van der Waals surface area contributed by atoms with E-state index in [1.54, 1.807) is 19.2 Å². The van der Waals surface area contributed by atoms with Crippen LogP contribution in [0.25, 0.3) is 0 Å². The number of hydrogen-bond donors (Lipinski definition) is 1. The number of halogens is 1. The second kappa shape index (κ2) is 4.85. The fraction of sp³-hybridized carbons (Fsp3) is 0.273. The number of aliphatic hydroxyl groups excluding tert-OH is 1. The van der Waals surface area contributed by atoms with E-state index in [1.165, 1.54) is 11.1 Å². The van der Waals surface area contributed by atoms with Gasteiger partial charge in [-0.15, -0.1) is 0 Å². The Bertz CT molecular complexity index is 465. The molecular formula is C11H11BrN2O3. The number of esters is 1. The van der Waals surface area contributed by atoms with Crippen molar-refractivity contribution in [2.75, 3.05) is 6.61 Å². The van der Waals surface area contributed by atoms with E-state index in [-0.39, 0.29) is 12.2 Å². The van der Waals surface area contributed by atoms with Gasteiger partial charge in [-0.2, -0.15) is 0 Å². The number of aliphatic hydroxyl groups is 1. The van der Waals surface area contributed by atoms with E-state index in [0.29, 0.717) is 5.84 Å². The van der Waals surface area contributed by atoms with Crippen LogP contribution in [0.4, 0.5) is 0 Å². The van der Waals surface area contributed by atoms with Gasteiger partial charge in [-0.25, -0.2) is 9.79 Å². The van der Waals surface area contributed by atoms with Crippen molar-refractivity contribution in [3.05, 3.63) is 34.6 Å². The molecule has 0 aliphatic carbocycles. The van der Waals surface area contributed by atoms with Crippen LogP contribution in [-0.2, 0) is 9.53 Å². The molecule has 0 aromatic carbocycles. The number of allylic oxidation sites excluding steroid dienone is 2. The van der Waals surface area contributed by atoms with Crippen LogP contribution in [0.5, 0.6) is 0 Å². The smallest absolute Gasteiger partial charge is 0.340 e. The zero-order valence-corrected chi connectivity index (χ0v) is 10.7. The molecule has 0 spiro atoms. The Labute approximate surface area is 107 Å². The molecule has 1 unspecified atom stereocenters. The summed E-state index contributed by atoms with van der Waals surface area (Å²) in [6.07, 6.45) is 5.48. The van der Waals surface area contributed by atoms with Crippen LogP contribution in [0.2, 0.25) is 0 Å². The summed E-state index contributed by atoms with van der Waals surface area (Å²) in [6, 6.07) is 0. The van der Waals surface area contributed by atoms with Crippen LogP contribution < -0.4 is 0 Å². The zero-order valence-electron chi connectivity index (χ0n) is 9.13. The Morgan fingerprint density at radius 2 is 2.47 bits per heavy atom. The summed E-state index contributed by atoms with van der Waals surface area (Å²) >= 11 is 3.33. The number of rotatable bonds is 2. The van der Waals surface area contributed by atoms with E-state index < -0.39 is 12.2 Å².